The molecule has 0 radical (unpaired) electrons. The van der Waals surface area contributed by atoms with E-state index >= 15 is 0 Å². The maximum absolute atomic E-state index is 11.8. The molecule has 0 spiro atoms. The van der Waals surface area contributed by atoms with Crippen molar-refractivity contribution in [2.24, 2.45) is 0 Å². The van der Waals surface area contributed by atoms with Crippen molar-refractivity contribution >= 4 is 22.6 Å². The summed E-state index contributed by atoms with van der Waals surface area (Å²) in [6.07, 6.45) is 1.95. The number of anilines is 1. The number of nitrogens with one attached hydrogen (secondary N) is 1. The number of carbonyl (C=O) groups excluding carboxylic acids is 1. The summed E-state index contributed by atoms with van der Waals surface area (Å²) in [6.45, 7) is 2.49. The third-order valence-electron chi connectivity index (χ3n) is 3.92. The summed E-state index contributed by atoms with van der Waals surface area (Å²) in [4.78, 5) is 20.8. The summed E-state index contributed by atoms with van der Waals surface area (Å²) in [5, 5.41) is 4.42. The number of hydrogen-bond acceptors (Lipinski definition) is 5. The third-order valence-corrected chi connectivity index (χ3v) is 3.92. The lowest BCUT2D eigenvalue weighted by molar-refractivity contribution is -0.139. The van der Waals surface area contributed by atoms with E-state index in [4.69, 9.17) is 4.74 Å². The van der Waals surface area contributed by atoms with Crippen molar-refractivity contribution in [2.75, 3.05) is 12.4 Å². The lowest BCUT2D eigenvalue weighted by atomic mass is 10.0. The van der Waals surface area contributed by atoms with Crippen molar-refractivity contribution in [2.45, 2.75) is 19.9 Å². The molecular formula is C19H19N3O2. The smallest absolute Gasteiger partial charge is 0.310 e. The number of pyridine rings is 2. The van der Waals surface area contributed by atoms with Gasteiger partial charge in [-0.3, -0.25) is 14.8 Å². The number of carbonyl (C=O) groups is 1. The van der Waals surface area contributed by atoms with E-state index in [1.54, 1.807) is 6.20 Å². The summed E-state index contributed by atoms with van der Waals surface area (Å²) < 4.78 is 4.83. The molecule has 5 heteroatoms. The number of fused-ring (bicyclic) bond motifs is 1. The van der Waals surface area contributed by atoms with Crippen molar-refractivity contribution in [1.82, 2.24) is 9.97 Å². The molecule has 3 aromatic rings. The van der Waals surface area contributed by atoms with Gasteiger partial charge in [0, 0.05) is 28.5 Å². The zero-order valence-electron chi connectivity index (χ0n) is 13.7. The second kappa shape index (κ2) is 7.08. The molecule has 0 saturated carbocycles. The van der Waals surface area contributed by atoms with E-state index in [1.807, 2.05) is 49.4 Å². The first-order chi connectivity index (χ1) is 11.7. The van der Waals surface area contributed by atoms with Gasteiger partial charge in [0.25, 0.3) is 0 Å². The average molecular weight is 321 g/mol. The van der Waals surface area contributed by atoms with Crippen LogP contribution in [-0.4, -0.2) is 23.0 Å². The SMILES string of the molecule is COC(=O)Cc1c(C)nc2ccccc2c1NCc1ccccn1. The van der Waals surface area contributed by atoms with Crippen LogP contribution in [0.1, 0.15) is 17.0 Å². The lowest BCUT2D eigenvalue weighted by Gasteiger charge is -2.16. The molecule has 0 atom stereocenters. The van der Waals surface area contributed by atoms with Crippen LogP contribution in [0.3, 0.4) is 0 Å². The number of rotatable bonds is 5. The molecule has 122 valence electrons. The van der Waals surface area contributed by atoms with Gasteiger partial charge in [-0.1, -0.05) is 24.3 Å². The van der Waals surface area contributed by atoms with Crippen molar-refractivity contribution in [3.8, 4) is 0 Å². The number of para-hydroxylation sites is 1. The number of methoxy groups -OCH3 is 1. The van der Waals surface area contributed by atoms with Crippen LogP contribution in [0.5, 0.6) is 0 Å². The van der Waals surface area contributed by atoms with E-state index in [0.717, 1.165) is 33.5 Å². The molecule has 0 aliphatic rings. The second-order valence-corrected chi connectivity index (χ2v) is 5.50. The quantitative estimate of drug-likeness (QED) is 0.731. The van der Waals surface area contributed by atoms with Gasteiger partial charge in [0.15, 0.2) is 0 Å². The Balaban J connectivity index is 2.03. The number of aromatic nitrogens is 2. The summed E-state index contributed by atoms with van der Waals surface area (Å²) in [6, 6.07) is 13.7. The van der Waals surface area contributed by atoms with Crippen LogP contribution in [-0.2, 0) is 22.5 Å². The minimum atomic E-state index is -0.281. The van der Waals surface area contributed by atoms with Crippen molar-refractivity contribution in [3.63, 3.8) is 0 Å². The fraction of sp³-hybridized carbons (Fsp3) is 0.211. The van der Waals surface area contributed by atoms with E-state index in [-0.39, 0.29) is 12.4 Å². The maximum atomic E-state index is 11.8. The van der Waals surface area contributed by atoms with Crippen LogP contribution < -0.4 is 5.32 Å². The standard InChI is InChI=1S/C19H19N3O2/c1-13-16(11-18(23)24-2)19(15-8-3-4-9-17(15)22-13)21-12-14-7-5-6-10-20-14/h3-10H,11-12H2,1-2H3,(H,21,22). The molecule has 2 heterocycles. The Labute approximate surface area is 140 Å². The Morgan fingerprint density at radius 1 is 1.17 bits per heavy atom. The molecule has 0 amide bonds. The average Bonchev–Trinajstić information content (AvgIpc) is 2.62. The van der Waals surface area contributed by atoms with E-state index in [1.165, 1.54) is 7.11 Å². The molecule has 2 aromatic heterocycles. The van der Waals surface area contributed by atoms with Crippen LogP contribution in [0.25, 0.3) is 10.9 Å². The third kappa shape index (κ3) is 3.35. The van der Waals surface area contributed by atoms with Crippen LogP contribution in [0.15, 0.2) is 48.7 Å². The Hall–Kier alpha value is -2.95. The lowest BCUT2D eigenvalue weighted by Crippen LogP contribution is -2.12. The van der Waals surface area contributed by atoms with Crippen LogP contribution in [0.4, 0.5) is 5.69 Å². The molecule has 0 aliphatic carbocycles. The molecule has 3 rings (SSSR count). The summed E-state index contributed by atoms with van der Waals surface area (Å²) in [7, 11) is 1.40. The minimum Gasteiger partial charge on any atom is -0.469 e. The molecular weight excluding hydrogens is 302 g/mol. The number of aryl methyl sites for hydroxylation is 1. The molecule has 1 aromatic carbocycles. The zero-order valence-corrected chi connectivity index (χ0v) is 13.7. The van der Waals surface area contributed by atoms with Gasteiger partial charge in [0.2, 0.25) is 0 Å². The van der Waals surface area contributed by atoms with Crippen molar-refractivity contribution in [3.05, 3.63) is 65.6 Å². The van der Waals surface area contributed by atoms with Gasteiger partial charge in [0.05, 0.1) is 31.3 Å². The van der Waals surface area contributed by atoms with E-state index in [2.05, 4.69) is 15.3 Å². The Morgan fingerprint density at radius 3 is 2.71 bits per heavy atom. The van der Waals surface area contributed by atoms with Crippen LogP contribution in [0.2, 0.25) is 0 Å². The van der Waals surface area contributed by atoms with Gasteiger partial charge >= 0.3 is 5.97 Å². The topological polar surface area (TPSA) is 64.1 Å². The first-order valence-electron chi connectivity index (χ1n) is 7.78. The Kier molecular flexibility index (Phi) is 4.70. The molecule has 5 nitrogen and oxygen atoms in total. The minimum absolute atomic E-state index is 0.185. The monoisotopic (exact) mass is 321 g/mol. The van der Waals surface area contributed by atoms with Gasteiger partial charge in [-0.25, -0.2) is 0 Å². The predicted octanol–water partition coefficient (Wildman–Crippen LogP) is 3.27. The predicted molar refractivity (Wildman–Crippen MR) is 93.8 cm³/mol. The second-order valence-electron chi connectivity index (χ2n) is 5.50. The summed E-state index contributed by atoms with van der Waals surface area (Å²) in [5.41, 5.74) is 4.42. The normalized spacial score (nSPS) is 10.6. The number of ether oxygens (including phenoxy) is 1. The molecule has 0 fully saturated rings. The van der Waals surface area contributed by atoms with Gasteiger partial charge < -0.3 is 10.1 Å². The molecule has 0 saturated heterocycles. The van der Waals surface area contributed by atoms with Crippen molar-refractivity contribution in [1.29, 1.82) is 0 Å². The fourth-order valence-electron chi connectivity index (χ4n) is 2.69. The van der Waals surface area contributed by atoms with Gasteiger partial charge in [0.1, 0.15) is 0 Å². The molecule has 0 aliphatic heterocycles. The molecule has 1 N–H and O–H groups in total. The first-order valence-corrected chi connectivity index (χ1v) is 7.78. The van der Waals surface area contributed by atoms with Crippen LogP contribution >= 0.6 is 0 Å². The molecule has 0 unspecified atom stereocenters. The van der Waals surface area contributed by atoms with E-state index < -0.39 is 0 Å². The first kappa shape index (κ1) is 15.9. The number of esters is 1. The number of nitrogens with zero attached hydrogens (tertiary/aromatic N) is 2. The summed E-state index contributed by atoms with van der Waals surface area (Å²) in [5.74, 6) is -0.281. The van der Waals surface area contributed by atoms with Crippen LogP contribution in [0, 0.1) is 6.92 Å². The zero-order chi connectivity index (χ0) is 16.9. The molecule has 0 bridgehead atoms. The largest absolute Gasteiger partial charge is 0.469 e. The van der Waals surface area contributed by atoms with Gasteiger partial charge in [-0.15, -0.1) is 0 Å². The Bertz CT molecular complexity index is 863. The highest BCUT2D eigenvalue weighted by molar-refractivity contribution is 5.94. The van der Waals surface area contributed by atoms with E-state index in [0.29, 0.717) is 6.54 Å². The highest BCUT2D eigenvalue weighted by atomic mass is 16.5. The Morgan fingerprint density at radius 2 is 1.96 bits per heavy atom. The number of hydrogen-bond donors (Lipinski definition) is 1. The maximum Gasteiger partial charge on any atom is 0.310 e. The van der Waals surface area contributed by atoms with E-state index in [9.17, 15) is 4.79 Å². The van der Waals surface area contributed by atoms with Gasteiger partial charge in [-0.2, -0.15) is 0 Å². The number of benzene rings is 1. The van der Waals surface area contributed by atoms with Crippen molar-refractivity contribution < 1.29 is 9.53 Å². The highest BCUT2D eigenvalue weighted by Crippen LogP contribution is 2.29. The fourth-order valence-corrected chi connectivity index (χ4v) is 2.69. The highest BCUT2D eigenvalue weighted by Gasteiger charge is 2.16. The van der Waals surface area contributed by atoms with Gasteiger partial charge in [-0.05, 0) is 25.1 Å². The summed E-state index contributed by atoms with van der Waals surface area (Å²) >= 11 is 0. The molecule has 24 heavy (non-hydrogen) atoms.